The molecule has 3 aliphatic carbocycles. The molecule has 2 amide bonds. The van der Waals surface area contributed by atoms with E-state index < -0.39 is 85.4 Å². The zero-order valence-corrected chi connectivity index (χ0v) is 47.9. The van der Waals surface area contributed by atoms with Gasteiger partial charge in [0, 0.05) is 47.0 Å². The lowest BCUT2D eigenvalue weighted by Gasteiger charge is -2.38. The molecule has 0 bridgehead atoms. The van der Waals surface area contributed by atoms with E-state index in [1.54, 1.807) is 12.2 Å². The van der Waals surface area contributed by atoms with Crippen LogP contribution in [0.25, 0.3) is 0 Å². The van der Waals surface area contributed by atoms with Crippen molar-refractivity contribution in [2.75, 3.05) is 18.1 Å². The molecule has 0 saturated carbocycles. The highest BCUT2D eigenvalue weighted by Gasteiger charge is 2.43. The van der Waals surface area contributed by atoms with E-state index >= 15 is 0 Å². The molecule has 0 aromatic heterocycles. The molecular formula is C46H80N4O14S2Si3. The summed E-state index contributed by atoms with van der Waals surface area (Å²) in [4.78, 5) is 93.5. The van der Waals surface area contributed by atoms with E-state index in [9.17, 15) is 38.4 Å². The number of aliphatic carboxylic acids is 3. The molecule has 3 aliphatic rings. The van der Waals surface area contributed by atoms with Crippen LogP contribution >= 0.6 is 23.5 Å². The quantitative estimate of drug-likeness (QED) is 0.0636. The van der Waals surface area contributed by atoms with Gasteiger partial charge in [-0.05, 0) is 79.0 Å². The van der Waals surface area contributed by atoms with E-state index in [1.807, 2.05) is 6.08 Å². The fourth-order valence-corrected chi connectivity index (χ4v) is 11.7. The van der Waals surface area contributed by atoms with Gasteiger partial charge in [0.2, 0.25) is 11.8 Å². The number of rotatable bonds is 21. The van der Waals surface area contributed by atoms with Gasteiger partial charge in [-0.1, -0.05) is 68.4 Å². The van der Waals surface area contributed by atoms with E-state index in [4.69, 9.17) is 40.1 Å². The van der Waals surface area contributed by atoms with Crippen molar-refractivity contribution in [3.63, 3.8) is 0 Å². The van der Waals surface area contributed by atoms with Gasteiger partial charge in [-0.15, -0.1) is 23.5 Å². The van der Waals surface area contributed by atoms with Gasteiger partial charge in [0.05, 0.1) is 18.3 Å². The fourth-order valence-electron chi connectivity index (χ4n) is 5.49. The molecular weight excluding hydrogens is 981 g/mol. The van der Waals surface area contributed by atoms with Crippen molar-refractivity contribution in [2.45, 2.75) is 185 Å². The van der Waals surface area contributed by atoms with Crippen molar-refractivity contribution in [1.29, 1.82) is 0 Å². The fraction of sp³-hybridized carbons (Fsp3) is 0.696. The number of carboxylic acids is 3. The van der Waals surface area contributed by atoms with Crippen LogP contribution in [0.2, 0.25) is 54.4 Å². The van der Waals surface area contributed by atoms with E-state index in [-0.39, 0.29) is 75.4 Å². The third kappa shape index (κ3) is 21.9. The van der Waals surface area contributed by atoms with Crippen LogP contribution in [0.15, 0.2) is 34.1 Å². The Labute approximate surface area is 420 Å². The number of nitrogens with one attached hydrogen (secondary N) is 2. The molecule has 0 aromatic rings. The molecule has 6 atom stereocenters. The van der Waals surface area contributed by atoms with E-state index in [1.165, 1.54) is 29.6 Å². The van der Waals surface area contributed by atoms with Gasteiger partial charge < -0.3 is 50.7 Å². The number of thioether (sulfide) groups is 2. The molecule has 0 unspecified atom stereocenters. The summed E-state index contributed by atoms with van der Waals surface area (Å²) in [7, 11) is -5.86. The predicted octanol–water partition coefficient (Wildman–Crippen LogP) is 6.13. The number of carbonyl (C=O) groups excluding carboxylic acids is 5. The van der Waals surface area contributed by atoms with Crippen LogP contribution in [-0.4, -0.2) is 142 Å². The van der Waals surface area contributed by atoms with Gasteiger partial charge in [-0.25, -0.2) is 0 Å². The minimum absolute atomic E-state index is 0.0264. The molecule has 18 nitrogen and oxygen atoms in total. The smallest absolute Gasteiger partial charge is 0.322 e. The zero-order valence-electron chi connectivity index (χ0n) is 43.2. The highest BCUT2D eigenvalue weighted by Crippen LogP contribution is 2.43. The van der Waals surface area contributed by atoms with Crippen LogP contribution in [0.5, 0.6) is 0 Å². The van der Waals surface area contributed by atoms with Gasteiger partial charge in [0.15, 0.2) is 42.3 Å². The van der Waals surface area contributed by atoms with Crippen LogP contribution in [0.3, 0.4) is 0 Å². The molecule has 23 heteroatoms. The van der Waals surface area contributed by atoms with Crippen molar-refractivity contribution >= 4 is 95.5 Å². The van der Waals surface area contributed by atoms with Crippen LogP contribution in [0, 0.1) is 0 Å². The Morgan fingerprint density at radius 1 is 0.667 bits per heavy atom. The van der Waals surface area contributed by atoms with Crippen molar-refractivity contribution < 1.29 is 67.0 Å². The standard InChI is InChI=1S/C21H35N3O8SSi.C14H25NO4SSi.C11H20O2Si/c1-21(2,3)34(4,5)32-15-8-12(25)9-16(15)33-11-14(19(29)23-10-18(27)28)24-17(26)7-6-13(22)20(30)31;1-14(2,3)21(4,5)19-11-6-9(16)7-12(11)20-8-10(15)13(17)18;1-11(2,3)14(4,5)13-10-7-6-9(12)8-10/h9,13-15H,6-8,10-11,22H2,1-5H3,(H,23,29)(H,24,26)(H,27,28)(H,30,31);7,10-11H,6,8,15H2,1-5H3,(H,17,18);6-7,10H,8H2,1-5H3/t13-,14-,15-;10-,11-;10-/m001/s1. The number of carboxylic acid groups (broad SMARTS) is 3. The maximum absolute atomic E-state index is 12.5. The van der Waals surface area contributed by atoms with E-state index in [0.717, 1.165) is 4.91 Å². The molecule has 0 radical (unpaired) electrons. The zero-order chi connectivity index (χ0) is 53.7. The second kappa shape index (κ2) is 26.4. The summed E-state index contributed by atoms with van der Waals surface area (Å²) in [6, 6.07) is -3.26. The van der Waals surface area contributed by atoms with Crippen molar-refractivity contribution in [3.8, 4) is 0 Å². The largest absolute Gasteiger partial charge is 0.480 e. The Kier molecular flexibility index (Phi) is 24.4. The molecule has 69 heavy (non-hydrogen) atoms. The minimum atomic E-state index is -2.18. The Morgan fingerprint density at radius 3 is 1.46 bits per heavy atom. The van der Waals surface area contributed by atoms with E-state index in [0.29, 0.717) is 17.7 Å². The molecule has 0 spiro atoms. The number of allylic oxidation sites excluding steroid dienone is 3. The first-order chi connectivity index (χ1) is 31.2. The molecule has 392 valence electrons. The van der Waals surface area contributed by atoms with Crippen LogP contribution < -0.4 is 22.1 Å². The highest BCUT2D eigenvalue weighted by molar-refractivity contribution is 8.03. The monoisotopic (exact) mass is 1060 g/mol. The molecule has 0 saturated heterocycles. The van der Waals surface area contributed by atoms with E-state index in [2.05, 4.69) is 112 Å². The number of carbonyl (C=O) groups is 8. The summed E-state index contributed by atoms with van der Waals surface area (Å²) in [6.45, 7) is 31.5. The molecule has 3 rings (SSSR count). The predicted molar refractivity (Wildman–Crippen MR) is 278 cm³/mol. The lowest BCUT2D eigenvalue weighted by atomic mass is 10.1. The van der Waals surface area contributed by atoms with Gasteiger partial charge in [0.1, 0.15) is 24.7 Å². The second-order valence-corrected chi connectivity index (χ2v) is 38.4. The van der Waals surface area contributed by atoms with Crippen LogP contribution in [0.1, 0.15) is 94.4 Å². The summed E-state index contributed by atoms with van der Waals surface area (Å²) in [5.41, 5.74) is 10.9. The first kappa shape index (κ1) is 63.7. The maximum atomic E-state index is 12.5. The number of nitrogens with two attached hydrogens (primary N) is 2. The van der Waals surface area contributed by atoms with Gasteiger partial charge >= 0.3 is 17.9 Å². The van der Waals surface area contributed by atoms with Crippen molar-refractivity contribution in [1.82, 2.24) is 10.6 Å². The molecule has 0 aliphatic heterocycles. The molecule has 9 N–H and O–H groups in total. The summed E-state index contributed by atoms with van der Waals surface area (Å²) in [5.74, 6) is -4.44. The Balaban J connectivity index is 0.000000574. The summed E-state index contributed by atoms with van der Waals surface area (Å²) >= 11 is 2.50. The first-order valence-electron chi connectivity index (χ1n) is 22.9. The van der Waals surface area contributed by atoms with Gasteiger partial charge in [-0.2, -0.15) is 0 Å². The lowest BCUT2D eigenvalue weighted by molar-refractivity contribution is -0.139. The van der Waals surface area contributed by atoms with Gasteiger partial charge in [-0.3, -0.25) is 38.4 Å². The SMILES string of the molecule is CC(C)(C)[Si](C)(C)O[C@@H]1C=CC(=O)C1.CC(C)(C)[Si](C)(C)O[C@H]1CC(=O)C=C1SC[C@H](N)C(=O)O.CC(C)(C)[Si](C)(C)O[C@H]1CC(=O)C=C1SC[C@H](NC(=O)CC[C@H](N)C(=O)O)C(=O)NCC(=O)O. The van der Waals surface area contributed by atoms with Gasteiger partial charge in [0.25, 0.3) is 0 Å². The highest BCUT2D eigenvalue weighted by atomic mass is 32.2. The van der Waals surface area contributed by atoms with Crippen LogP contribution in [-0.2, 0) is 51.6 Å². The Bertz CT molecular complexity index is 1970. The Hall–Kier alpha value is -3.27. The van der Waals surface area contributed by atoms with Crippen LogP contribution in [0.4, 0.5) is 0 Å². The number of ketones is 3. The normalized spacial score (nSPS) is 20.1. The number of hydrogen-bond acceptors (Lipinski definition) is 15. The van der Waals surface area contributed by atoms with Crippen molar-refractivity contribution in [2.24, 2.45) is 11.5 Å². The summed E-state index contributed by atoms with van der Waals surface area (Å²) in [6.07, 6.45) is 6.64. The molecule has 0 fully saturated rings. The average Bonchev–Trinajstić information content (AvgIpc) is 3.87. The number of hydrogen-bond donors (Lipinski definition) is 7. The van der Waals surface area contributed by atoms with Crippen molar-refractivity contribution in [3.05, 3.63) is 34.1 Å². The minimum Gasteiger partial charge on any atom is -0.480 e. The Morgan fingerprint density at radius 2 is 1.09 bits per heavy atom. The first-order valence-corrected chi connectivity index (χ1v) is 33.6. The third-order valence-electron chi connectivity index (χ3n) is 12.9. The number of amides is 2. The lowest BCUT2D eigenvalue weighted by Crippen LogP contribution is -2.49. The maximum Gasteiger partial charge on any atom is 0.322 e. The molecule has 0 heterocycles. The topological polar surface area (TPSA) is 301 Å². The average molecular weight is 1060 g/mol. The second-order valence-electron chi connectivity index (χ2n) is 21.9. The third-order valence-corrected chi connectivity index (χ3v) is 28.8. The summed E-state index contributed by atoms with van der Waals surface area (Å²) in [5, 5.41) is 31.4. The summed E-state index contributed by atoms with van der Waals surface area (Å²) < 4.78 is 18.7. The molecule has 0 aromatic carbocycles.